The summed E-state index contributed by atoms with van der Waals surface area (Å²) in [5, 5.41) is 3.05. The molecular formula is C15H19BrN2O3. The van der Waals surface area contributed by atoms with E-state index in [0.29, 0.717) is 13.2 Å². The third-order valence-electron chi connectivity index (χ3n) is 4.00. The van der Waals surface area contributed by atoms with E-state index in [1.807, 2.05) is 32.9 Å². The molecule has 1 aromatic heterocycles. The second kappa shape index (κ2) is 4.95. The second-order valence-corrected chi connectivity index (χ2v) is 7.43. The van der Waals surface area contributed by atoms with Crippen LogP contribution in [0.1, 0.15) is 26.5 Å². The van der Waals surface area contributed by atoms with Crippen LogP contribution in [0.25, 0.3) is 0 Å². The van der Waals surface area contributed by atoms with Crippen molar-refractivity contribution in [3.8, 4) is 0 Å². The largest absolute Gasteiger partial charge is 0.444 e. The zero-order valence-corrected chi connectivity index (χ0v) is 13.9. The van der Waals surface area contributed by atoms with Crippen LogP contribution >= 0.6 is 15.9 Å². The number of rotatable bonds is 2. The summed E-state index contributed by atoms with van der Waals surface area (Å²) >= 11 is 3.54. The van der Waals surface area contributed by atoms with Crippen molar-refractivity contribution in [2.45, 2.75) is 31.9 Å². The molecule has 1 N–H and O–H groups in total. The minimum atomic E-state index is -0.521. The highest BCUT2D eigenvalue weighted by molar-refractivity contribution is 9.10. The number of amides is 1. The van der Waals surface area contributed by atoms with Gasteiger partial charge in [-0.3, -0.25) is 4.98 Å². The molecule has 3 rings (SSSR count). The monoisotopic (exact) mass is 354 g/mol. The molecule has 2 aliphatic rings. The van der Waals surface area contributed by atoms with Crippen molar-refractivity contribution in [1.82, 2.24) is 10.3 Å². The lowest BCUT2D eigenvalue weighted by Gasteiger charge is -2.26. The zero-order chi connectivity index (χ0) is 15.3. The first kappa shape index (κ1) is 14.8. The van der Waals surface area contributed by atoms with Crippen LogP contribution in [0.4, 0.5) is 4.79 Å². The average Bonchev–Trinajstić information content (AvgIpc) is 2.75. The summed E-state index contributed by atoms with van der Waals surface area (Å²) in [7, 11) is 0. The lowest BCUT2D eigenvalue weighted by Crippen LogP contribution is -2.43. The van der Waals surface area contributed by atoms with Gasteiger partial charge in [0.1, 0.15) is 5.60 Å². The molecule has 2 fully saturated rings. The Labute approximate surface area is 132 Å². The topological polar surface area (TPSA) is 60.5 Å². The average molecular weight is 355 g/mol. The highest BCUT2D eigenvalue weighted by atomic mass is 79.9. The number of hydrogen-bond acceptors (Lipinski definition) is 4. The summed E-state index contributed by atoms with van der Waals surface area (Å²) in [4.78, 5) is 16.7. The maximum atomic E-state index is 12.2. The molecule has 1 aliphatic carbocycles. The fourth-order valence-corrected chi connectivity index (χ4v) is 3.70. The molecule has 114 valence electrons. The number of carbonyl (C=O) groups is 1. The Morgan fingerprint density at radius 2 is 2.14 bits per heavy atom. The van der Waals surface area contributed by atoms with Crippen molar-refractivity contribution in [2.24, 2.45) is 11.8 Å². The molecule has 1 aliphatic heterocycles. The Balaban J connectivity index is 1.87. The molecule has 2 heterocycles. The summed E-state index contributed by atoms with van der Waals surface area (Å²) in [5.74, 6) is 0.521. The Hall–Kier alpha value is -1.14. The van der Waals surface area contributed by atoms with E-state index < -0.39 is 17.2 Å². The number of nitrogens with zero attached hydrogens (tertiary/aromatic N) is 1. The maximum absolute atomic E-state index is 12.2. The number of halogens is 1. The van der Waals surface area contributed by atoms with Crippen LogP contribution in [0.15, 0.2) is 22.8 Å². The molecule has 21 heavy (non-hydrogen) atoms. The van der Waals surface area contributed by atoms with E-state index in [9.17, 15) is 4.79 Å². The molecule has 0 bridgehead atoms. The number of carbonyl (C=O) groups excluding carboxylic acids is 1. The van der Waals surface area contributed by atoms with Gasteiger partial charge in [0, 0.05) is 22.5 Å². The van der Waals surface area contributed by atoms with Gasteiger partial charge in [-0.15, -0.1) is 0 Å². The highest BCUT2D eigenvalue weighted by Crippen LogP contribution is 2.61. The second-order valence-electron chi connectivity index (χ2n) is 6.58. The van der Waals surface area contributed by atoms with Crippen LogP contribution in [0.3, 0.4) is 0 Å². The highest BCUT2D eigenvalue weighted by Gasteiger charge is 2.71. The first-order chi connectivity index (χ1) is 9.84. The number of ether oxygens (including phenoxy) is 2. The van der Waals surface area contributed by atoms with E-state index in [-0.39, 0.29) is 11.8 Å². The summed E-state index contributed by atoms with van der Waals surface area (Å²) in [5.41, 5.74) is -0.137. The lowest BCUT2D eigenvalue weighted by molar-refractivity contribution is 0.0447. The number of alkyl carbamates (subject to hydrolysis) is 1. The SMILES string of the molecule is CC(C)(C)OC(=O)NC1(c2ncccc2Br)C2COC[C@@H]21. The van der Waals surface area contributed by atoms with Crippen molar-refractivity contribution in [2.75, 3.05) is 13.2 Å². The number of nitrogens with one attached hydrogen (secondary N) is 1. The van der Waals surface area contributed by atoms with Gasteiger partial charge in [0.2, 0.25) is 0 Å². The summed E-state index contributed by atoms with van der Waals surface area (Å²) in [6.45, 7) is 6.85. The van der Waals surface area contributed by atoms with Gasteiger partial charge in [0.25, 0.3) is 0 Å². The molecule has 2 unspecified atom stereocenters. The van der Waals surface area contributed by atoms with Crippen molar-refractivity contribution in [3.05, 3.63) is 28.5 Å². The molecule has 3 atom stereocenters. The molecule has 0 spiro atoms. The van der Waals surface area contributed by atoms with Crippen molar-refractivity contribution in [1.29, 1.82) is 0 Å². The van der Waals surface area contributed by atoms with E-state index in [2.05, 4.69) is 26.2 Å². The summed E-state index contributed by atoms with van der Waals surface area (Å²) in [6.07, 6.45) is 1.34. The van der Waals surface area contributed by atoms with Crippen molar-refractivity contribution >= 4 is 22.0 Å². The van der Waals surface area contributed by atoms with Gasteiger partial charge in [-0.2, -0.15) is 0 Å². The van der Waals surface area contributed by atoms with Gasteiger partial charge >= 0.3 is 6.09 Å². The standard InChI is InChI=1S/C15H19BrN2O3/c1-14(2,3)21-13(19)18-15(9-7-20-8-10(9)15)12-11(16)5-4-6-17-12/h4-6,9-10H,7-8H2,1-3H3,(H,18,19)/t9-,10?,15?/m0/s1. The predicted octanol–water partition coefficient (Wildman–Crippen LogP) is 2.84. The van der Waals surface area contributed by atoms with Crippen LogP contribution in [-0.2, 0) is 15.0 Å². The minimum Gasteiger partial charge on any atom is -0.444 e. The number of pyridine rings is 1. The molecule has 1 amide bonds. The van der Waals surface area contributed by atoms with Crippen LogP contribution in [0.2, 0.25) is 0 Å². The Morgan fingerprint density at radius 3 is 2.71 bits per heavy atom. The van der Waals surface area contributed by atoms with Crippen LogP contribution < -0.4 is 5.32 Å². The molecule has 0 aromatic carbocycles. The number of hydrogen-bond donors (Lipinski definition) is 1. The van der Waals surface area contributed by atoms with Crippen LogP contribution in [-0.4, -0.2) is 29.9 Å². The molecule has 1 saturated carbocycles. The van der Waals surface area contributed by atoms with Gasteiger partial charge in [0.15, 0.2) is 0 Å². The van der Waals surface area contributed by atoms with E-state index in [1.54, 1.807) is 6.20 Å². The zero-order valence-electron chi connectivity index (χ0n) is 12.4. The lowest BCUT2D eigenvalue weighted by atomic mass is 10.1. The summed E-state index contributed by atoms with van der Waals surface area (Å²) < 4.78 is 11.8. The molecule has 0 radical (unpaired) electrons. The quantitative estimate of drug-likeness (QED) is 0.886. The molecule has 1 aromatic rings. The fraction of sp³-hybridized carbons (Fsp3) is 0.600. The Kier molecular flexibility index (Phi) is 3.48. The third-order valence-corrected chi connectivity index (χ3v) is 4.64. The molecular weight excluding hydrogens is 336 g/mol. The van der Waals surface area contributed by atoms with Crippen molar-refractivity contribution in [3.63, 3.8) is 0 Å². The van der Waals surface area contributed by atoms with E-state index in [0.717, 1.165) is 10.2 Å². The first-order valence-corrected chi connectivity index (χ1v) is 7.84. The van der Waals surface area contributed by atoms with Gasteiger partial charge < -0.3 is 14.8 Å². The van der Waals surface area contributed by atoms with Gasteiger partial charge in [-0.05, 0) is 48.8 Å². The molecule has 1 saturated heterocycles. The molecule has 5 nitrogen and oxygen atoms in total. The van der Waals surface area contributed by atoms with Gasteiger partial charge in [0.05, 0.1) is 24.4 Å². The van der Waals surface area contributed by atoms with E-state index >= 15 is 0 Å². The normalized spacial score (nSPS) is 30.7. The van der Waals surface area contributed by atoms with Crippen LogP contribution in [0.5, 0.6) is 0 Å². The van der Waals surface area contributed by atoms with Crippen LogP contribution in [0, 0.1) is 11.8 Å². The summed E-state index contributed by atoms with van der Waals surface area (Å²) in [6, 6.07) is 3.80. The third kappa shape index (κ3) is 2.55. The maximum Gasteiger partial charge on any atom is 0.408 e. The number of aromatic nitrogens is 1. The molecule has 6 heteroatoms. The first-order valence-electron chi connectivity index (χ1n) is 7.04. The van der Waals surface area contributed by atoms with E-state index in [4.69, 9.17) is 9.47 Å². The smallest absolute Gasteiger partial charge is 0.408 e. The van der Waals surface area contributed by atoms with Crippen molar-refractivity contribution < 1.29 is 14.3 Å². The van der Waals surface area contributed by atoms with E-state index in [1.165, 1.54) is 0 Å². The number of fused-ring (bicyclic) bond motifs is 1. The van der Waals surface area contributed by atoms with Gasteiger partial charge in [-0.25, -0.2) is 4.79 Å². The Morgan fingerprint density at radius 1 is 1.48 bits per heavy atom. The minimum absolute atomic E-state index is 0.260. The Bertz CT molecular complexity index is 560. The fourth-order valence-electron chi connectivity index (χ4n) is 3.11. The predicted molar refractivity (Wildman–Crippen MR) is 80.8 cm³/mol. The van der Waals surface area contributed by atoms with Gasteiger partial charge in [-0.1, -0.05) is 0 Å².